The highest BCUT2D eigenvalue weighted by molar-refractivity contribution is 6.11. The van der Waals surface area contributed by atoms with Crippen molar-refractivity contribution >= 4 is 17.9 Å². The molecule has 0 rings (SSSR count). The van der Waals surface area contributed by atoms with Gasteiger partial charge in [0, 0.05) is 12.8 Å². The highest BCUT2D eigenvalue weighted by Crippen LogP contribution is 2.15. The third kappa shape index (κ3) is 33.4. The van der Waals surface area contributed by atoms with Gasteiger partial charge in [-0.25, -0.2) is 0 Å². The Hall–Kier alpha value is -1.77. The molecule has 3 heteroatoms. The molecular formula is C42H73O3. The van der Waals surface area contributed by atoms with Crippen LogP contribution in [0.4, 0.5) is 0 Å². The average Bonchev–Trinajstić information content (AvgIpc) is 3.04. The van der Waals surface area contributed by atoms with E-state index in [0.29, 0.717) is 18.6 Å². The van der Waals surface area contributed by atoms with E-state index < -0.39 is 0 Å². The van der Waals surface area contributed by atoms with E-state index in [4.69, 9.17) is 0 Å². The van der Waals surface area contributed by atoms with Gasteiger partial charge < -0.3 is 0 Å². The van der Waals surface area contributed by atoms with Crippen LogP contribution in [0.1, 0.15) is 213 Å². The van der Waals surface area contributed by atoms with Gasteiger partial charge in [0.1, 0.15) is 0 Å². The zero-order valence-electron chi connectivity index (χ0n) is 30.0. The van der Waals surface area contributed by atoms with Crippen molar-refractivity contribution in [3.8, 4) is 0 Å². The molecular weight excluding hydrogens is 552 g/mol. The Kier molecular flexibility index (Phi) is 35.3. The van der Waals surface area contributed by atoms with Crippen LogP contribution in [0.2, 0.25) is 0 Å². The standard InChI is InChI=1S/C42H73O3/c1-3-5-7-9-11-13-16-21-24-28-32-36-41(44)37-33-29-25-22-18-15-14-17-20-23-27-31-35-40(39-43)42(45)38-34-30-26-19-12-10-8-6-4-2/h6,8,32,35-36H,3-5,7,9-31,33-34,37-38H2,1-2H3/b8-6?,36-32+,40-35?. The van der Waals surface area contributed by atoms with Crippen molar-refractivity contribution in [2.75, 3.05) is 0 Å². The molecule has 0 unspecified atom stereocenters. The zero-order chi connectivity index (χ0) is 32.9. The molecule has 0 atom stereocenters. The SMILES string of the molecule is CCC=CCCCCCCCC(=O)C([C]=O)=CCCCCCCCCCCCCCC(=O)/C=C/CCCCCCCCCCC. The van der Waals surface area contributed by atoms with Crippen molar-refractivity contribution < 1.29 is 14.4 Å². The molecule has 1 radical (unpaired) electrons. The molecule has 0 spiro atoms. The van der Waals surface area contributed by atoms with E-state index in [9.17, 15) is 14.4 Å². The van der Waals surface area contributed by atoms with Crippen molar-refractivity contribution in [3.63, 3.8) is 0 Å². The molecule has 0 aromatic carbocycles. The fraction of sp³-hybridized carbons (Fsp3) is 0.786. The molecule has 0 heterocycles. The number of carbonyl (C=O) groups is 2. The van der Waals surface area contributed by atoms with Gasteiger partial charge in [-0.1, -0.05) is 167 Å². The Labute approximate surface area is 280 Å². The number of allylic oxidation sites excluding steroid dienone is 6. The van der Waals surface area contributed by atoms with Crippen molar-refractivity contribution in [3.05, 3.63) is 36.0 Å². The van der Waals surface area contributed by atoms with E-state index >= 15 is 0 Å². The van der Waals surface area contributed by atoms with Crippen LogP contribution < -0.4 is 0 Å². The second-order valence-corrected chi connectivity index (χ2v) is 13.2. The van der Waals surface area contributed by atoms with E-state index in [0.717, 1.165) is 64.2 Å². The summed E-state index contributed by atoms with van der Waals surface area (Å²) in [7, 11) is 0. The van der Waals surface area contributed by atoms with Gasteiger partial charge in [0.15, 0.2) is 11.6 Å². The smallest absolute Gasteiger partial charge is 0.236 e. The summed E-state index contributed by atoms with van der Waals surface area (Å²) in [5.41, 5.74) is 0.268. The first-order valence-corrected chi connectivity index (χ1v) is 19.6. The molecule has 0 N–H and O–H groups in total. The van der Waals surface area contributed by atoms with Gasteiger partial charge in [0.25, 0.3) is 0 Å². The summed E-state index contributed by atoms with van der Waals surface area (Å²) in [6.45, 7) is 4.42. The van der Waals surface area contributed by atoms with Crippen LogP contribution in [0.5, 0.6) is 0 Å². The number of Topliss-reactive ketones (excluding diaryl/α,β-unsaturated/α-hetero) is 1. The number of rotatable bonds is 36. The van der Waals surface area contributed by atoms with Gasteiger partial charge in [-0.15, -0.1) is 0 Å². The minimum atomic E-state index is -0.0288. The Bertz CT molecular complexity index is 760. The maximum Gasteiger partial charge on any atom is 0.236 e. The summed E-state index contributed by atoms with van der Waals surface area (Å²) in [5.74, 6) is 0.278. The van der Waals surface area contributed by atoms with Crippen LogP contribution in [-0.2, 0) is 14.4 Å². The molecule has 0 saturated heterocycles. The Balaban J connectivity index is 3.51. The normalized spacial score (nSPS) is 12.1. The summed E-state index contributed by atoms with van der Waals surface area (Å²) in [6.07, 6.45) is 48.4. The number of unbranched alkanes of at least 4 members (excludes halogenated alkanes) is 25. The van der Waals surface area contributed by atoms with E-state index in [2.05, 4.69) is 32.1 Å². The first-order chi connectivity index (χ1) is 22.2. The zero-order valence-corrected chi connectivity index (χ0v) is 30.0. The maximum absolute atomic E-state index is 12.3. The average molecular weight is 626 g/mol. The molecule has 259 valence electrons. The van der Waals surface area contributed by atoms with Crippen LogP contribution in [0.3, 0.4) is 0 Å². The number of carbonyl (C=O) groups excluding carboxylic acids is 3. The first kappa shape index (κ1) is 43.2. The lowest BCUT2D eigenvalue weighted by molar-refractivity contribution is -0.115. The van der Waals surface area contributed by atoms with Gasteiger partial charge in [0.05, 0.1) is 5.57 Å². The maximum atomic E-state index is 12.3. The molecule has 0 bridgehead atoms. The molecule has 3 nitrogen and oxygen atoms in total. The monoisotopic (exact) mass is 626 g/mol. The topological polar surface area (TPSA) is 51.2 Å². The summed E-state index contributed by atoms with van der Waals surface area (Å²) < 4.78 is 0. The van der Waals surface area contributed by atoms with Crippen LogP contribution >= 0.6 is 0 Å². The van der Waals surface area contributed by atoms with E-state index in [1.807, 2.05) is 18.4 Å². The summed E-state index contributed by atoms with van der Waals surface area (Å²) in [4.78, 5) is 35.6. The van der Waals surface area contributed by atoms with Gasteiger partial charge in [0.2, 0.25) is 6.29 Å². The van der Waals surface area contributed by atoms with Crippen LogP contribution in [0.25, 0.3) is 0 Å². The van der Waals surface area contributed by atoms with Crippen molar-refractivity contribution in [2.45, 2.75) is 213 Å². The molecule has 45 heavy (non-hydrogen) atoms. The van der Waals surface area contributed by atoms with Gasteiger partial charge in [-0.2, -0.15) is 0 Å². The predicted molar refractivity (Wildman–Crippen MR) is 197 cm³/mol. The summed E-state index contributed by atoms with van der Waals surface area (Å²) in [5, 5.41) is 0. The van der Waals surface area contributed by atoms with Crippen molar-refractivity contribution in [1.82, 2.24) is 0 Å². The lowest BCUT2D eigenvalue weighted by Gasteiger charge is -2.03. The second-order valence-electron chi connectivity index (χ2n) is 13.2. The molecule has 0 amide bonds. The quantitative estimate of drug-likeness (QED) is 0.0229. The molecule has 0 aliphatic carbocycles. The molecule has 0 saturated carbocycles. The number of hydrogen-bond donors (Lipinski definition) is 0. The third-order valence-corrected chi connectivity index (χ3v) is 8.84. The van der Waals surface area contributed by atoms with Crippen LogP contribution in [0, 0.1) is 0 Å². The minimum absolute atomic E-state index is 0.0288. The van der Waals surface area contributed by atoms with E-state index in [1.54, 1.807) is 0 Å². The lowest BCUT2D eigenvalue weighted by Crippen LogP contribution is -2.03. The lowest BCUT2D eigenvalue weighted by atomic mass is 10.0. The fourth-order valence-corrected chi connectivity index (χ4v) is 5.86. The van der Waals surface area contributed by atoms with Crippen molar-refractivity contribution in [1.29, 1.82) is 0 Å². The van der Waals surface area contributed by atoms with Crippen LogP contribution in [0.15, 0.2) is 36.0 Å². The summed E-state index contributed by atoms with van der Waals surface area (Å²) in [6, 6.07) is 0. The molecule has 0 fully saturated rings. The number of ketones is 2. The largest absolute Gasteiger partial charge is 0.295 e. The highest BCUT2D eigenvalue weighted by atomic mass is 16.1. The molecule has 0 aromatic rings. The Morgan fingerprint density at radius 1 is 0.467 bits per heavy atom. The van der Waals surface area contributed by atoms with Crippen LogP contribution in [-0.4, -0.2) is 17.9 Å². The Morgan fingerprint density at radius 3 is 1.38 bits per heavy atom. The molecule has 0 aliphatic heterocycles. The summed E-state index contributed by atoms with van der Waals surface area (Å²) >= 11 is 0. The first-order valence-electron chi connectivity index (χ1n) is 19.6. The number of hydrogen-bond acceptors (Lipinski definition) is 3. The highest BCUT2D eigenvalue weighted by Gasteiger charge is 2.09. The third-order valence-electron chi connectivity index (χ3n) is 8.84. The van der Waals surface area contributed by atoms with Gasteiger partial charge in [-0.05, 0) is 63.9 Å². The molecule has 0 aromatic heterocycles. The molecule has 0 aliphatic rings. The van der Waals surface area contributed by atoms with Gasteiger partial charge >= 0.3 is 0 Å². The van der Waals surface area contributed by atoms with Crippen molar-refractivity contribution in [2.24, 2.45) is 0 Å². The van der Waals surface area contributed by atoms with Gasteiger partial charge in [-0.3, -0.25) is 14.4 Å². The second kappa shape index (κ2) is 36.7. The predicted octanol–water partition coefficient (Wildman–Crippen LogP) is 13.4. The fourth-order valence-electron chi connectivity index (χ4n) is 5.86. The Morgan fingerprint density at radius 2 is 0.889 bits per heavy atom. The van der Waals surface area contributed by atoms with E-state index in [1.165, 1.54) is 122 Å². The van der Waals surface area contributed by atoms with E-state index in [-0.39, 0.29) is 11.4 Å². The minimum Gasteiger partial charge on any atom is -0.295 e.